The second-order valence-corrected chi connectivity index (χ2v) is 9.84. The first-order valence-electron chi connectivity index (χ1n) is 10.8. The second kappa shape index (κ2) is 10.6. The van der Waals surface area contributed by atoms with Crippen LogP contribution in [0.3, 0.4) is 0 Å². The number of nitrogens with zero attached hydrogens (tertiary/aromatic N) is 2. The van der Waals surface area contributed by atoms with Gasteiger partial charge in [0.25, 0.3) is 0 Å². The van der Waals surface area contributed by atoms with Crippen LogP contribution in [0.2, 0.25) is 0 Å². The molecule has 0 heterocycles. The molecule has 5 rings (SSSR count). The van der Waals surface area contributed by atoms with Crippen molar-refractivity contribution in [3.05, 3.63) is 118 Å². The van der Waals surface area contributed by atoms with E-state index in [0.29, 0.717) is 11.8 Å². The number of hydrogen-bond acceptors (Lipinski definition) is 0. The molecule has 0 saturated carbocycles. The normalized spacial score (nSPS) is 18.3. The largest absolute Gasteiger partial charge is 0.684 e. The molecule has 0 saturated heterocycles. The zero-order valence-electron chi connectivity index (χ0n) is 19.6. The molecule has 2 atom stereocenters. The fraction of sp³-hybridized carbons (Fsp3) is 0.357. The van der Waals surface area contributed by atoms with Crippen LogP contribution in [0.25, 0.3) is 10.6 Å². The second-order valence-electron chi connectivity index (χ2n) is 9.84. The fourth-order valence-electron chi connectivity index (χ4n) is 3.79. The van der Waals surface area contributed by atoms with Crippen LogP contribution in [0.1, 0.15) is 64.5 Å². The molecule has 31 heavy (non-hydrogen) atoms. The quantitative estimate of drug-likeness (QED) is 0.324. The van der Waals surface area contributed by atoms with Crippen LogP contribution in [0.4, 0.5) is 0 Å². The van der Waals surface area contributed by atoms with Crippen molar-refractivity contribution in [2.45, 2.75) is 64.5 Å². The Morgan fingerprint density at radius 2 is 0.903 bits per heavy atom. The molecular weight excluding hydrogens is 456 g/mol. The van der Waals surface area contributed by atoms with Crippen molar-refractivity contribution in [3.63, 3.8) is 0 Å². The molecule has 3 aromatic rings. The Morgan fingerprint density at radius 1 is 0.581 bits per heavy atom. The first-order valence-corrected chi connectivity index (χ1v) is 10.8. The maximum atomic E-state index is 4.95. The Hall–Kier alpha value is -1.86. The van der Waals surface area contributed by atoms with Crippen LogP contribution in [-0.4, -0.2) is 11.1 Å². The van der Waals surface area contributed by atoms with Crippen LogP contribution in [0, 0.1) is 0 Å². The monoisotopic (exact) mass is 488 g/mol. The molecule has 2 aliphatic carbocycles. The van der Waals surface area contributed by atoms with E-state index in [1.165, 1.54) is 22.5 Å². The summed E-state index contributed by atoms with van der Waals surface area (Å²) >= 11 is 0. The molecule has 2 aliphatic rings. The molecule has 0 bridgehead atoms. The van der Waals surface area contributed by atoms with Gasteiger partial charge in [-0.05, 0) is 23.0 Å². The predicted molar refractivity (Wildman–Crippen MR) is 129 cm³/mol. The third kappa shape index (κ3) is 6.81. The fourth-order valence-corrected chi connectivity index (χ4v) is 3.79. The zero-order valence-corrected chi connectivity index (χ0v) is 22.1. The van der Waals surface area contributed by atoms with E-state index in [9.17, 15) is 0 Å². The van der Waals surface area contributed by atoms with E-state index in [-0.39, 0.29) is 37.3 Å². The number of benzene rings is 1. The van der Waals surface area contributed by atoms with Gasteiger partial charge in [-0.3, -0.25) is 0 Å². The predicted octanol–water partition coefficient (Wildman–Crippen LogP) is 8.25. The SMILES string of the molecule is CC(C)(C)[N-]C1=C([N-]C(C)(C)C)C2c3ccccc3C12.[Zr].c1cc[cH-]c1.c1cc[cH-]c1. The Morgan fingerprint density at radius 3 is 1.13 bits per heavy atom. The van der Waals surface area contributed by atoms with Gasteiger partial charge in [0, 0.05) is 26.2 Å². The van der Waals surface area contributed by atoms with E-state index in [2.05, 4.69) is 65.8 Å². The van der Waals surface area contributed by atoms with E-state index in [0.717, 1.165) is 0 Å². The molecule has 0 amide bonds. The minimum Gasteiger partial charge on any atom is -0.684 e. The third-order valence-corrected chi connectivity index (χ3v) is 4.87. The van der Waals surface area contributed by atoms with E-state index in [1.807, 2.05) is 60.7 Å². The maximum absolute atomic E-state index is 4.95. The van der Waals surface area contributed by atoms with Crippen molar-refractivity contribution in [3.8, 4) is 0 Å². The van der Waals surface area contributed by atoms with Gasteiger partial charge in [0.15, 0.2) is 0 Å². The Kier molecular flexibility index (Phi) is 8.72. The Balaban J connectivity index is 0.000000254. The van der Waals surface area contributed by atoms with Gasteiger partial charge in [-0.15, -0.1) is 11.1 Å². The first kappa shape index (κ1) is 25.4. The van der Waals surface area contributed by atoms with Crippen LogP contribution >= 0.6 is 0 Å². The van der Waals surface area contributed by atoms with Crippen molar-refractivity contribution in [1.29, 1.82) is 0 Å². The number of fused-ring (bicyclic) bond motifs is 4. The molecule has 164 valence electrons. The van der Waals surface area contributed by atoms with Gasteiger partial charge in [-0.2, -0.15) is 47.8 Å². The van der Waals surface area contributed by atoms with Crippen molar-refractivity contribution >= 4 is 0 Å². The molecule has 0 radical (unpaired) electrons. The van der Waals surface area contributed by atoms with E-state index >= 15 is 0 Å². The van der Waals surface area contributed by atoms with Crippen LogP contribution in [0.5, 0.6) is 0 Å². The summed E-state index contributed by atoms with van der Waals surface area (Å²) < 4.78 is 0. The smallest absolute Gasteiger partial charge is 0 e. The van der Waals surface area contributed by atoms with Crippen LogP contribution in [0.15, 0.2) is 96.3 Å². The molecule has 3 heteroatoms. The van der Waals surface area contributed by atoms with Gasteiger partial charge in [0.2, 0.25) is 0 Å². The summed E-state index contributed by atoms with van der Waals surface area (Å²) in [6.07, 6.45) is 0. The topological polar surface area (TPSA) is 28.2 Å². The summed E-state index contributed by atoms with van der Waals surface area (Å²) in [5, 5.41) is 9.90. The molecule has 0 aliphatic heterocycles. The van der Waals surface area contributed by atoms with E-state index in [1.54, 1.807) is 0 Å². The average molecular weight is 490 g/mol. The van der Waals surface area contributed by atoms with Crippen molar-refractivity contribution in [2.24, 2.45) is 0 Å². The van der Waals surface area contributed by atoms with Crippen LogP contribution in [-0.2, 0) is 26.2 Å². The summed E-state index contributed by atoms with van der Waals surface area (Å²) in [5.41, 5.74) is 5.27. The molecule has 2 nitrogen and oxygen atoms in total. The Bertz CT molecular complexity index is 811. The number of rotatable bonds is 2. The zero-order chi connectivity index (χ0) is 21.8. The first-order chi connectivity index (χ1) is 14.2. The molecule has 0 spiro atoms. The molecule has 2 unspecified atom stereocenters. The molecule has 0 N–H and O–H groups in total. The minimum atomic E-state index is -0.0382. The number of hydrogen-bond donors (Lipinski definition) is 0. The summed E-state index contributed by atoms with van der Waals surface area (Å²) in [7, 11) is 0. The van der Waals surface area contributed by atoms with Crippen molar-refractivity contribution in [2.75, 3.05) is 0 Å². The minimum absolute atomic E-state index is 0. The summed E-state index contributed by atoms with van der Waals surface area (Å²) in [4.78, 5) is 0. The van der Waals surface area contributed by atoms with E-state index < -0.39 is 0 Å². The summed E-state index contributed by atoms with van der Waals surface area (Å²) in [6.45, 7) is 13.0. The molecule has 3 aromatic carbocycles. The maximum Gasteiger partial charge on any atom is 0 e. The molecule has 0 aromatic heterocycles. The van der Waals surface area contributed by atoms with E-state index in [4.69, 9.17) is 10.6 Å². The molecule has 0 fully saturated rings. The van der Waals surface area contributed by atoms with Gasteiger partial charge in [0.1, 0.15) is 0 Å². The molecular formula is C28H34N2Zr-4. The Labute approximate surface area is 208 Å². The van der Waals surface area contributed by atoms with Gasteiger partial charge in [-0.1, -0.05) is 65.8 Å². The summed E-state index contributed by atoms with van der Waals surface area (Å²) in [6, 6.07) is 28.7. The van der Waals surface area contributed by atoms with Gasteiger partial charge in [0.05, 0.1) is 0 Å². The average Bonchev–Trinajstić information content (AvgIpc) is 3.37. The summed E-state index contributed by atoms with van der Waals surface area (Å²) in [5.74, 6) is 0.984. The number of allylic oxidation sites excluding steroid dienone is 2. The van der Waals surface area contributed by atoms with Crippen molar-refractivity contribution < 1.29 is 26.2 Å². The third-order valence-electron chi connectivity index (χ3n) is 4.87. The van der Waals surface area contributed by atoms with Gasteiger partial charge < -0.3 is 10.6 Å². The van der Waals surface area contributed by atoms with Crippen LogP contribution < -0.4 is 0 Å². The van der Waals surface area contributed by atoms with Gasteiger partial charge >= 0.3 is 0 Å². The standard InChI is InChI=1S/C18H24N2.2C5H5.Zr/c1-17(2,3)19-15-13-11-9-7-8-10-12(11)14(13)16(15)20-18(4,5)6;2*1-2-4-5-3-1;/h7-10,13-14H,1-6H3;2*1-5H;/q-2;2*-1;. The van der Waals surface area contributed by atoms with Crippen molar-refractivity contribution in [1.82, 2.24) is 0 Å². The van der Waals surface area contributed by atoms with Gasteiger partial charge in [-0.25, -0.2) is 24.3 Å².